The SMILES string of the molecule is Cc1nn(C2CC3CCC(C2)N3C)cc1Nc1ncc(C(F)(F)F)c(NCCCN2CCC2=O)n1. The summed E-state index contributed by atoms with van der Waals surface area (Å²) in [4.78, 5) is 23.6. The summed E-state index contributed by atoms with van der Waals surface area (Å²) in [5.74, 6) is -0.121. The van der Waals surface area contributed by atoms with Crippen molar-refractivity contribution in [2.75, 3.05) is 37.3 Å². The average molecular weight is 493 g/mol. The Hall–Kier alpha value is -2.89. The molecule has 2 atom stereocenters. The van der Waals surface area contributed by atoms with E-state index in [1.807, 2.05) is 17.8 Å². The molecule has 12 heteroatoms. The van der Waals surface area contributed by atoms with Gasteiger partial charge < -0.3 is 20.4 Å². The molecule has 0 aromatic carbocycles. The van der Waals surface area contributed by atoms with Gasteiger partial charge in [-0.2, -0.15) is 23.3 Å². The lowest BCUT2D eigenvalue weighted by molar-refractivity contribution is -0.139. The Bertz CT molecular complexity index is 1070. The molecule has 3 aliphatic rings. The maximum absolute atomic E-state index is 13.5. The smallest absolute Gasteiger partial charge is 0.369 e. The lowest BCUT2D eigenvalue weighted by atomic mass is 9.98. The second-order valence-corrected chi connectivity index (χ2v) is 9.77. The third-order valence-electron chi connectivity index (χ3n) is 7.55. The first-order valence-corrected chi connectivity index (χ1v) is 12.2. The van der Waals surface area contributed by atoms with Gasteiger partial charge in [0.2, 0.25) is 11.9 Å². The number of β-lactam (4-membered cyclic amide) rings is 1. The summed E-state index contributed by atoms with van der Waals surface area (Å²) >= 11 is 0. The van der Waals surface area contributed by atoms with Gasteiger partial charge in [-0.25, -0.2) is 4.98 Å². The number of carbonyl (C=O) groups is 1. The van der Waals surface area contributed by atoms with Gasteiger partial charge in [0.15, 0.2) is 0 Å². The quantitative estimate of drug-likeness (QED) is 0.430. The number of aromatic nitrogens is 4. The summed E-state index contributed by atoms with van der Waals surface area (Å²) in [6.45, 7) is 3.35. The normalized spacial score (nSPS) is 24.5. The van der Waals surface area contributed by atoms with Gasteiger partial charge in [-0.05, 0) is 46.1 Å². The number of nitrogens with zero attached hydrogens (tertiary/aromatic N) is 6. The molecule has 2 unspecified atom stereocenters. The van der Waals surface area contributed by atoms with Crippen LogP contribution in [-0.4, -0.2) is 74.2 Å². The lowest BCUT2D eigenvalue weighted by Crippen LogP contribution is -2.44. The Morgan fingerprint density at radius 1 is 1.17 bits per heavy atom. The second kappa shape index (κ2) is 9.29. The predicted octanol–water partition coefficient (Wildman–Crippen LogP) is 3.58. The van der Waals surface area contributed by atoms with E-state index in [1.165, 1.54) is 12.8 Å². The van der Waals surface area contributed by atoms with E-state index in [9.17, 15) is 18.0 Å². The van der Waals surface area contributed by atoms with Crippen LogP contribution in [0.1, 0.15) is 55.8 Å². The third kappa shape index (κ3) is 4.93. The Morgan fingerprint density at radius 2 is 1.91 bits per heavy atom. The molecular weight excluding hydrogens is 461 g/mol. The largest absolute Gasteiger partial charge is 0.421 e. The van der Waals surface area contributed by atoms with Crippen molar-refractivity contribution in [1.29, 1.82) is 0 Å². The number of nitrogens with one attached hydrogen (secondary N) is 2. The predicted molar refractivity (Wildman–Crippen MR) is 124 cm³/mol. The van der Waals surface area contributed by atoms with Crippen molar-refractivity contribution in [3.8, 4) is 0 Å². The lowest BCUT2D eigenvalue weighted by Gasteiger charge is -2.36. The molecule has 2 aromatic rings. The van der Waals surface area contributed by atoms with Gasteiger partial charge in [-0.1, -0.05) is 0 Å². The van der Waals surface area contributed by atoms with Crippen LogP contribution >= 0.6 is 0 Å². The summed E-state index contributed by atoms with van der Waals surface area (Å²) in [5.41, 5.74) is 0.504. The number of aryl methyl sites for hydroxylation is 1. The molecule has 35 heavy (non-hydrogen) atoms. The van der Waals surface area contributed by atoms with E-state index in [0.717, 1.165) is 24.7 Å². The summed E-state index contributed by atoms with van der Waals surface area (Å²) in [6, 6.07) is 1.46. The van der Waals surface area contributed by atoms with Crippen molar-refractivity contribution in [3.05, 3.63) is 23.7 Å². The maximum atomic E-state index is 13.5. The van der Waals surface area contributed by atoms with E-state index >= 15 is 0 Å². The van der Waals surface area contributed by atoms with E-state index in [1.54, 1.807) is 4.90 Å². The van der Waals surface area contributed by atoms with Gasteiger partial charge in [0.25, 0.3) is 0 Å². The fraction of sp³-hybridized carbons (Fsp3) is 0.652. The third-order valence-corrected chi connectivity index (χ3v) is 7.55. The van der Waals surface area contributed by atoms with Gasteiger partial charge in [0.1, 0.15) is 11.4 Å². The Balaban J connectivity index is 1.27. The van der Waals surface area contributed by atoms with E-state index in [-0.39, 0.29) is 24.2 Å². The minimum atomic E-state index is -4.58. The molecule has 3 fully saturated rings. The standard InChI is InChI=1S/C23H31F3N8O/c1-14-19(13-34(31-14)17-10-15-4-5-16(11-17)32(15)2)29-22-28-12-18(23(24,25)26)21(30-22)27-7-3-8-33-9-6-20(33)35/h12-13,15-17H,3-11H2,1-2H3,(H2,27,28,29,30). The zero-order valence-corrected chi connectivity index (χ0v) is 20.0. The number of rotatable bonds is 8. The van der Waals surface area contributed by atoms with Crippen LogP contribution in [0.5, 0.6) is 0 Å². The molecule has 0 spiro atoms. The first-order chi connectivity index (χ1) is 16.7. The summed E-state index contributed by atoms with van der Waals surface area (Å²) < 4.78 is 42.5. The number of anilines is 3. The number of piperidine rings is 1. The van der Waals surface area contributed by atoms with Crippen LogP contribution in [0.4, 0.5) is 30.6 Å². The first-order valence-electron chi connectivity index (χ1n) is 12.2. The summed E-state index contributed by atoms with van der Waals surface area (Å²) in [7, 11) is 2.19. The highest BCUT2D eigenvalue weighted by Gasteiger charge is 2.39. The number of likely N-dealkylation sites (tertiary alicyclic amines) is 1. The molecule has 5 rings (SSSR count). The fourth-order valence-electron chi connectivity index (χ4n) is 5.37. The van der Waals surface area contributed by atoms with Crippen molar-refractivity contribution in [1.82, 2.24) is 29.5 Å². The highest BCUT2D eigenvalue weighted by molar-refractivity contribution is 5.81. The number of hydrogen-bond acceptors (Lipinski definition) is 7. The molecular formula is C23H31F3N8O. The van der Waals surface area contributed by atoms with E-state index in [4.69, 9.17) is 0 Å². The molecule has 5 heterocycles. The Morgan fingerprint density at radius 3 is 2.54 bits per heavy atom. The number of halogens is 3. The Labute approximate surface area is 202 Å². The highest BCUT2D eigenvalue weighted by Crippen LogP contribution is 2.40. The molecule has 0 aliphatic carbocycles. The van der Waals surface area contributed by atoms with Crippen molar-refractivity contribution >= 4 is 23.4 Å². The summed E-state index contributed by atoms with van der Waals surface area (Å²) in [6.07, 6.45) is 3.71. The van der Waals surface area contributed by atoms with Crippen molar-refractivity contribution in [2.45, 2.75) is 69.8 Å². The zero-order chi connectivity index (χ0) is 24.7. The number of hydrogen-bond donors (Lipinski definition) is 2. The van der Waals surface area contributed by atoms with Crippen LogP contribution < -0.4 is 10.6 Å². The van der Waals surface area contributed by atoms with Gasteiger partial charge in [-0.15, -0.1) is 0 Å². The minimum Gasteiger partial charge on any atom is -0.369 e. The topological polar surface area (TPSA) is 91.2 Å². The van der Waals surface area contributed by atoms with Crippen LogP contribution in [0.2, 0.25) is 0 Å². The molecule has 0 saturated carbocycles. The maximum Gasteiger partial charge on any atom is 0.421 e. The summed E-state index contributed by atoms with van der Waals surface area (Å²) in [5, 5.41) is 10.5. The van der Waals surface area contributed by atoms with E-state index in [2.05, 4.69) is 37.6 Å². The number of amides is 1. The highest BCUT2D eigenvalue weighted by atomic mass is 19.4. The van der Waals surface area contributed by atoms with Crippen molar-refractivity contribution in [2.24, 2.45) is 0 Å². The molecule has 3 saturated heterocycles. The van der Waals surface area contributed by atoms with Gasteiger partial charge in [0, 0.05) is 50.5 Å². The molecule has 2 aromatic heterocycles. The van der Waals surface area contributed by atoms with Crippen LogP contribution in [0.25, 0.3) is 0 Å². The van der Waals surface area contributed by atoms with Gasteiger partial charge in [-0.3, -0.25) is 9.48 Å². The van der Waals surface area contributed by atoms with Gasteiger partial charge >= 0.3 is 6.18 Å². The van der Waals surface area contributed by atoms with Crippen LogP contribution in [0.3, 0.4) is 0 Å². The molecule has 9 nitrogen and oxygen atoms in total. The molecule has 2 bridgehead atoms. The fourth-order valence-corrected chi connectivity index (χ4v) is 5.37. The second-order valence-electron chi connectivity index (χ2n) is 9.77. The Kier molecular flexibility index (Phi) is 6.32. The molecule has 1 amide bonds. The van der Waals surface area contributed by atoms with E-state index < -0.39 is 11.7 Å². The van der Waals surface area contributed by atoms with Crippen molar-refractivity contribution in [3.63, 3.8) is 0 Å². The first kappa shape index (κ1) is 23.8. The monoisotopic (exact) mass is 492 g/mol. The average Bonchev–Trinajstić information content (AvgIpc) is 3.23. The van der Waals surface area contributed by atoms with Crippen LogP contribution in [0.15, 0.2) is 12.4 Å². The number of alkyl halides is 3. The number of fused-ring (bicyclic) bond motifs is 2. The molecule has 2 N–H and O–H groups in total. The van der Waals surface area contributed by atoms with E-state index in [0.29, 0.717) is 49.7 Å². The van der Waals surface area contributed by atoms with Gasteiger partial charge in [0.05, 0.1) is 17.4 Å². The number of carbonyl (C=O) groups excluding carboxylic acids is 1. The minimum absolute atomic E-state index is 0.0736. The van der Waals surface area contributed by atoms with Crippen LogP contribution in [-0.2, 0) is 11.0 Å². The molecule has 190 valence electrons. The molecule has 0 radical (unpaired) electrons. The zero-order valence-electron chi connectivity index (χ0n) is 20.0. The van der Waals surface area contributed by atoms with Crippen molar-refractivity contribution < 1.29 is 18.0 Å². The van der Waals surface area contributed by atoms with Crippen LogP contribution in [0, 0.1) is 6.92 Å². The molecule has 3 aliphatic heterocycles.